The molecule has 2 saturated heterocycles. The van der Waals surface area contributed by atoms with Crippen molar-refractivity contribution in [2.75, 3.05) is 29.5 Å². The average Bonchev–Trinajstić information content (AvgIpc) is 3.70. The van der Waals surface area contributed by atoms with Gasteiger partial charge < -0.3 is 29.3 Å². The first-order chi connectivity index (χ1) is 23.8. The Morgan fingerprint density at radius 1 is 1.08 bits per heavy atom. The summed E-state index contributed by atoms with van der Waals surface area (Å²) in [6.07, 6.45) is 7.24. The van der Waals surface area contributed by atoms with Crippen LogP contribution in [-0.2, 0) is 37.7 Å². The van der Waals surface area contributed by atoms with Crippen LogP contribution < -0.4 is 9.80 Å². The van der Waals surface area contributed by atoms with Crippen molar-refractivity contribution in [1.29, 1.82) is 0 Å². The van der Waals surface area contributed by atoms with E-state index in [9.17, 15) is 24.3 Å². The Balaban J connectivity index is 1.36. The minimum atomic E-state index is -3.02. The Morgan fingerprint density at radius 3 is 2.48 bits per heavy atom. The van der Waals surface area contributed by atoms with E-state index in [1.807, 2.05) is 62.5 Å². The van der Waals surface area contributed by atoms with Crippen LogP contribution in [0.1, 0.15) is 76.5 Å². The fourth-order valence-corrected chi connectivity index (χ4v) is 11.4. The van der Waals surface area contributed by atoms with Crippen LogP contribution in [0.15, 0.2) is 65.8 Å². The first kappa shape index (κ1) is 36.2. The number of anilines is 2. The van der Waals surface area contributed by atoms with Crippen molar-refractivity contribution < 1.29 is 29.0 Å². The molecule has 0 unspecified atom stereocenters. The molecule has 3 amide bonds. The molecule has 10 heteroatoms. The van der Waals surface area contributed by atoms with Gasteiger partial charge in [-0.15, -0.1) is 0 Å². The Kier molecular flexibility index (Phi) is 10.3. The molecule has 6 rings (SSSR count). The number of aliphatic hydroxyl groups is 1. The third kappa shape index (κ3) is 6.63. The highest BCUT2D eigenvalue weighted by atomic mass is 28.4. The lowest BCUT2D eigenvalue weighted by atomic mass is 9.82. The molecular weight excluding hydrogens is 647 g/mol. The van der Waals surface area contributed by atoms with Crippen LogP contribution in [0.5, 0.6) is 0 Å². The van der Waals surface area contributed by atoms with Crippen LogP contribution >= 0.6 is 0 Å². The number of benzene rings is 2. The zero-order valence-corrected chi connectivity index (χ0v) is 31.4. The normalized spacial score (nSPS) is 26.6. The highest BCUT2D eigenvalue weighted by Crippen LogP contribution is 2.60. The summed E-state index contributed by atoms with van der Waals surface area (Å²) < 4.78 is 7.01. The van der Waals surface area contributed by atoms with Crippen LogP contribution in [0.25, 0.3) is 0 Å². The lowest BCUT2D eigenvalue weighted by molar-refractivity contribution is -0.150. The maximum atomic E-state index is 14.9. The number of aliphatic hydroxyl groups excluding tert-OH is 1. The molecule has 2 fully saturated rings. The van der Waals surface area contributed by atoms with Crippen LogP contribution in [0.2, 0.25) is 18.6 Å². The SMILES string of the molecule is CC(C)=CCC/C(C)=C/CN1C(=O)[C@]2(O[C@H](CC(=O)N3Cc4ccccc4C[C@H]3CO)[C@@H]([Si](C)(C)O)[C@@H]2C)c2cc(N3CCCC3=O)ccc21. The lowest BCUT2D eigenvalue weighted by Gasteiger charge is -2.37. The molecule has 4 aliphatic rings. The van der Waals surface area contributed by atoms with Crippen molar-refractivity contribution in [3.63, 3.8) is 0 Å². The largest absolute Gasteiger partial charge is 0.432 e. The molecule has 0 aliphatic carbocycles. The molecular formula is C40H53N3O6Si. The van der Waals surface area contributed by atoms with Gasteiger partial charge in [0, 0.05) is 48.8 Å². The van der Waals surface area contributed by atoms with Gasteiger partial charge in [-0.1, -0.05) is 54.5 Å². The van der Waals surface area contributed by atoms with Gasteiger partial charge in [-0.2, -0.15) is 0 Å². The second-order valence-corrected chi connectivity index (χ2v) is 19.5. The first-order valence-corrected chi connectivity index (χ1v) is 21.2. The number of allylic oxidation sites excluding steroid dienone is 3. The van der Waals surface area contributed by atoms with E-state index in [-0.39, 0.29) is 36.8 Å². The summed E-state index contributed by atoms with van der Waals surface area (Å²) in [7, 11) is -3.02. The summed E-state index contributed by atoms with van der Waals surface area (Å²) in [6, 6.07) is 13.4. The summed E-state index contributed by atoms with van der Waals surface area (Å²) in [6.45, 7) is 13.2. The predicted octanol–water partition coefficient (Wildman–Crippen LogP) is 5.99. The van der Waals surface area contributed by atoms with Crippen molar-refractivity contribution >= 4 is 37.4 Å². The fourth-order valence-electron chi connectivity index (χ4n) is 8.81. The average molecular weight is 700 g/mol. The molecule has 5 atom stereocenters. The molecule has 50 heavy (non-hydrogen) atoms. The molecule has 0 bridgehead atoms. The molecule has 2 aromatic carbocycles. The molecule has 0 saturated carbocycles. The highest BCUT2D eigenvalue weighted by Gasteiger charge is 2.66. The van der Waals surface area contributed by atoms with Crippen LogP contribution in [0, 0.1) is 5.92 Å². The molecule has 0 radical (unpaired) electrons. The third-order valence-corrected chi connectivity index (χ3v) is 13.8. The minimum Gasteiger partial charge on any atom is -0.432 e. The van der Waals surface area contributed by atoms with E-state index in [4.69, 9.17) is 4.74 Å². The maximum Gasteiger partial charge on any atom is 0.264 e. The topological polar surface area (TPSA) is 111 Å². The van der Waals surface area contributed by atoms with Crippen LogP contribution in [-0.4, -0.2) is 72.7 Å². The molecule has 0 aromatic heterocycles. The minimum absolute atomic E-state index is 0.0112. The maximum absolute atomic E-state index is 14.9. The standard InChI is InChI=1S/C40H53N3O6Si/c1-26(2)11-9-12-27(3)18-20-42-34-17-16-31(41-19-10-15-36(41)45)22-33(34)40(39(42)47)28(4)38(50(5,6)48)35(49-40)23-37(46)43-24-30-14-8-7-13-29(30)21-32(43)25-44/h7-8,11,13-14,16-18,22,28,32,35,38,44,48H,9-10,12,15,19-21,23-25H2,1-6H3/b27-18+/t28-,32-,35+,38-,40+/m0/s1. The predicted molar refractivity (Wildman–Crippen MR) is 198 cm³/mol. The van der Waals surface area contributed by atoms with Gasteiger partial charge in [0.05, 0.1) is 30.9 Å². The van der Waals surface area contributed by atoms with Gasteiger partial charge in [-0.3, -0.25) is 14.4 Å². The Labute approximate surface area is 297 Å². The summed E-state index contributed by atoms with van der Waals surface area (Å²) in [5, 5.41) is 10.3. The third-order valence-electron chi connectivity index (χ3n) is 11.3. The monoisotopic (exact) mass is 699 g/mol. The Bertz CT molecular complexity index is 1710. The summed E-state index contributed by atoms with van der Waals surface area (Å²) in [5.41, 5.74) is 4.96. The Morgan fingerprint density at radius 2 is 1.82 bits per heavy atom. The zero-order valence-electron chi connectivity index (χ0n) is 30.4. The van der Waals surface area contributed by atoms with Gasteiger partial charge in [0.25, 0.3) is 5.91 Å². The summed E-state index contributed by atoms with van der Waals surface area (Å²) >= 11 is 0. The van der Waals surface area contributed by atoms with Crippen LogP contribution in [0.3, 0.4) is 0 Å². The van der Waals surface area contributed by atoms with Gasteiger partial charge in [-0.25, -0.2) is 0 Å². The van der Waals surface area contributed by atoms with E-state index in [0.29, 0.717) is 38.0 Å². The van der Waals surface area contributed by atoms with Crippen molar-refractivity contribution in [2.45, 2.75) is 109 Å². The van der Waals surface area contributed by atoms with Crippen molar-refractivity contribution in [1.82, 2.24) is 4.90 Å². The number of carbonyl (C=O) groups excluding carboxylic acids is 3. The number of amides is 3. The van der Waals surface area contributed by atoms with Crippen molar-refractivity contribution in [3.05, 3.63) is 82.5 Å². The molecule has 4 aliphatic heterocycles. The van der Waals surface area contributed by atoms with Crippen molar-refractivity contribution in [3.8, 4) is 0 Å². The summed E-state index contributed by atoms with van der Waals surface area (Å²) in [5.74, 6) is -0.741. The van der Waals surface area contributed by atoms with E-state index in [2.05, 4.69) is 32.9 Å². The molecule has 2 aromatic rings. The highest BCUT2D eigenvalue weighted by molar-refractivity contribution is 6.71. The number of nitrogens with zero attached hydrogens (tertiary/aromatic N) is 3. The Hall–Kier alpha value is -3.57. The lowest BCUT2D eigenvalue weighted by Crippen LogP contribution is -2.48. The molecule has 1 spiro atoms. The summed E-state index contributed by atoms with van der Waals surface area (Å²) in [4.78, 5) is 59.1. The van der Waals surface area contributed by atoms with Gasteiger partial charge in [0.15, 0.2) is 13.9 Å². The molecule has 2 N–H and O–H groups in total. The zero-order chi connectivity index (χ0) is 36.0. The van der Waals surface area contributed by atoms with E-state index in [0.717, 1.165) is 41.8 Å². The number of ether oxygens (including phenoxy) is 1. The first-order valence-electron chi connectivity index (χ1n) is 18.2. The number of fused-ring (bicyclic) bond motifs is 3. The number of carbonyl (C=O) groups is 3. The van der Waals surface area contributed by atoms with Gasteiger partial charge >= 0.3 is 0 Å². The van der Waals surface area contributed by atoms with Gasteiger partial charge in [0.1, 0.15) is 0 Å². The molecule has 9 nitrogen and oxygen atoms in total. The van der Waals surface area contributed by atoms with E-state index in [1.165, 1.54) is 11.1 Å². The van der Waals surface area contributed by atoms with Gasteiger partial charge in [0.2, 0.25) is 11.8 Å². The molecule has 4 heterocycles. The smallest absolute Gasteiger partial charge is 0.264 e. The number of rotatable bonds is 10. The molecule has 268 valence electrons. The van der Waals surface area contributed by atoms with Crippen molar-refractivity contribution in [2.24, 2.45) is 5.92 Å². The van der Waals surface area contributed by atoms with E-state index < -0.39 is 31.5 Å². The van der Waals surface area contributed by atoms with E-state index >= 15 is 0 Å². The van der Waals surface area contributed by atoms with Crippen LogP contribution in [0.4, 0.5) is 11.4 Å². The van der Waals surface area contributed by atoms with Gasteiger partial charge in [-0.05, 0) is 88.9 Å². The second-order valence-electron chi connectivity index (χ2n) is 15.5. The number of hydrogen-bond donors (Lipinski definition) is 2. The fraction of sp³-hybridized carbons (Fsp3) is 0.525. The van der Waals surface area contributed by atoms with E-state index in [1.54, 1.807) is 14.7 Å². The second kappa shape index (κ2) is 14.2. The number of hydrogen-bond acceptors (Lipinski definition) is 6. The quantitative estimate of drug-likeness (QED) is 0.233.